The Balaban J connectivity index is 0.00000930. The minimum atomic E-state index is -5.74. The number of phosphoric ester groups is 2. The summed E-state index contributed by atoms with van der Waals surface area (Å²) in [5.74, 6) is 0.130. The Labute approximate surface area is 356 Å². The van der Waals surface area contributed by atoms with Gasteiger partial charge in [-0.05, 0) is 37.1 Å². The highest BCUT2D eigenvalue weighted by Gasteiger charge is 2.44. The number of carbonyl (C=O) groups is 1. The number of carbonyl (C=O) groups excluding carboxylic acids is 1. The summed E-state index contributed by atoms with van der Waals surface area (Å²) in [6.45, 7) is 2.05. The van der Waals surface area contributed by atoms with E-state index in [0.717, 1.165) is 23.8 Å². The van der Waals surface area contributed by atoms with E-state index in [0.29, 0.717) is 12.0 Å². The SMILES string of the molecule is CCCCCCCCCCCCCCCCOC(=O)Oc1ccc(COP(=O)(OCCC#N)OP(=O)(O)OP(=O)(O)OC[C@@H]2C=C[C@H](n3cc(C)c(=O)[nH]c3=O)O2)cc1.N.N. The molecule has 0 bridgehead atoms. The minimum Gasteiger partial charge on any atom is -0.434 e. The summed E-state index contributed by atoms with van der Waals surface area (Å²) in [7, 11) is -16.2. The molecule has 0 fully saturated rings. The Morgan fingerprint density at radius 1 is 0.820 bits per heavy atom. The van der Waals surface area contributed by atoms with Crippen molar-refractivity contribution in [2.45, 2.75) is 129 Å². The van der Waals surface area contributed by atoms with Crippen molar-refractivity contribution in [3.8, 4) is 11.8 Å². The van der Waals surface area contributed by atoms with Gasteiger partial charge in [0.15, 0.2) is 6.23 Å². The molecule has 5 atom stereocenters. The maximum Gasteiger partial charge on any atom is 0.513 e. The first-order valence-corrected chi connectivity index (χ1v) is 24.2. The Hall–Kier alpha value is -3.31. The number of nitrogens with one attached hydrogen (secondary N) is 1. The molecular weight excluding hydrogens is 863 g/mol. The van der Waals surface area contributed by atoms with Gasteiger partial charge in [0, 0.05) is 11.8 Å². The van der Waals surface area contributed by atoms with Crippen molar-refractivity contribution < 1.29 is 64.7 Å². The van der Waals surface area contributed by atoms with E-state index in [1.807, 2.05) is 0 Å². The summed E-state index contributed by atoms with van der Waals surface area (Å²) in [6.07, 6.45) is 17.7. The molecule has 0 aliphatic carbocycles. The summed E-state index contributed by atoms with van der Waals surface area (Å²) in [5, 5.41) is 8.85. The van der Waals surface area contributed by atoms with Crippen LogP contribution >= 0.6 is 23.5 Å². The van der Waals surface area contributed by atoms with Crippen LogP contribution in [0.25, 0.3) is 0 Å². The van der Waals surface area contributed by atoms with Crippen molar-refractivity contribution in [1.82, 2.24) is 21.9 Å². The maximum atomic E-state index is 13.3. The van der Waals surface area contributed by atoms with Gasteiger partial charge in [0.1, 0.15) is 11.9 Å². The molecule has 0 saturated carbocycles. The summed E-state index contributed by atoms with van der Waals surface area (Å²) in [5.41, 5.74) is -0.841. The Bertz CT molecular complexity index is 1940. The molecule has 3 rings (SSSR count). The monoisotopic (exact) mass is 925 g/mol. The Kier molecular flexibility index (Phi) is 26.6. The van der Waals surface area contributed by atoms with Crippen molar-refractivity contribution >= 4 is 29.6 Å². The summed E-state index contributed by atoms with van der Waals surface area (Å²) < 4.78 is 79.2. The number of unbranched alkanes of at least 4 members (excludes halogenated alkanes) is 13. The second-order valence-electron chi connectivity index (χ2n) is 13.7. The van der Waals surface area contributed by atoms with Gasteiger partial charge >= 0.3 is 35.3 Å². The number of hydrogen-bond acceptors (Lipinski definition) is 17. The van der Waals surface area contributed by atoms with Gasteiger partial charge in [-0.15, -0.1) is 0 Å². The first kappa shape index (κ1) is 55.7. The fraction of sp³-hybridized carbons (Fsp3) is 0.622. The maximum absolute atomic E-state index is 13.3. The molecule has 9 N–H and O–H groups in total. The van der Waals surface area contributed by atoms with E-state index in [1.54, 1.807) is 6.07 Å². The van der Waals surface area contributed by atoms with Gasteiger partial charge in [-0.1, -0.05) is 109 Å². The standard InChI is InChI=1S/C37H56N3O16P3.2H3N/c1-3-4-5-6-7-8-9-10-11-12-13-14-15-16-25-49-37(43)54-32-20-18-31(19-21-32)28-52-59(48,50-26-17-24-38)56-58(46,47)55-57(44,45)51-29-33-22-23-34(53-33)40-27-30(2)35(41)39-36(40)42;;/h18-23,27,33-34H,3-17,25-26,28-29H2,1-2H3,(H,44,45)(H,46,47)(H,39,41,42);2*1H3/t33-,34+,59?;;/m0../s1. The van der Waals surface area contributed by atoms with Gasteiger partial charge in [-0.3, -0.25) is 27.9 Å². The molecule has 346 valence electrons. The van der Waals surface area contributed by atoms with Crippen LogP contribution in [0.15, 0.2) is 52.2 Å². The van der Waals surface area contributed by atoms with Crippen LogP contribution in [0.5, 0.6) is 5.75 Å². The molecule has 1 aliphatic rings. The number of phosphoric acid groups is 3. The topological polar surface area (TPSA) is 331 Å². The average Bonchev–Trinajstić information content (AvgIpc) is 3.65. The van der Waals surface area contributed by atoms with Gasteiger partial charge in [0.25, 0.3) is 5.56 Å². The first-order valence-electron chi connectivity index (χ1n) is 19.7. The fourth-order valence-electron chi connectivity index (χ4n) is 5.65. The lowest BCUT2D eigenvalue weighted by molar-refractivity contribution is -0.0105. The Morgan fingerprint density at radius 3 is 2.00 bits per heavy atom. The number of aromatic amines is 1. The van der Waals surface area contributed by atoms with Crippen LogP contribution in [-0.2, 0) is 52.0 Å². The van der Waals surface area contributed by atoms with Crippen LogP contribution in [-0.4, -0.2) is 51.4 Å². The molecule has 61 heavy (non-hydrogen) atoms. The number of nitriles is 1. The zero-order chi connectivity index (χ0) is 43.2. The van der Waals surface area contributed by atoms with Crippen molar-refractivity contribution in [2.75, 3.05) is 19.8 Å². The summed E-state index contributed by atoms with van der Waals surface area (Å²) in [4.78, 5) is 58.4. The molecule has 2 aromatic rings. The van der Waals surface area contributed by atoms with Crippen LogP contribution in [0.4, 0.5) is 4.79 Å². The van der Waals surface area contributed by atoms with E-state index in [4.69, 9.17) is 33.0 Å². The van der Waals surface area contributed by atoms with Gasteiger partial charge < -0.3 is 36.3 Å². The number of H-pyrrole nitrogens is 1. The van der Waals surface area contributed by atoms with Crippen LogP contribution < -0.4 is 28.3 Å². The van der Waals surface area contributed by atoms with E-state index in [1.165, 1.54) is 114 Å². The van der Waals surface area contributed by atoms with Gasteiger partial charge in [0.05, 0.1) is 38.9 Å². The van der Waals surface area contributed by atoms with Crippen LogP contribution in [0.3, 0.4) is 0 Å². The number of ether oxygens (including phenoxy) is 3. The molecule has 0 radical (unpaired) electrons. The molecule has 3 unspecified atom stereocenters. The molecule has 24 heteroatoms. The lowest BCUT2D eigenvalue weighted by Crippen LogP contribution is -2.33. The average molecular weight is 926 g/mol. The molecule has 0 saturated heterocycles. The van der Waals surface area contributed by atoms with E-state index in [2.05, 4.69) is 20.5 Å². The molecule has 0 amide bonds. The number of hydrogen-bond donors (Lipinski definition) is 5. The van der Waals surface area contributed by atoms with Crippen LogP contribution in [0.2, 0.25) is 0 Å². The number of nitrogens with zero attached hydrogens (tertiary/aromatic N) is 2. The van der Waals surface area contributed by atoms with Crippen LogP contribution in [0, 0.1) is 18.3 Å². The molecule has 0 spiro atoms. The molecule has 21 nitrogen and oxygen atoms in total. The minimum absolute atomic E-state index is 0. The van der Waals surface area contributed by atoms with Gasteiger partial charge in [0.2, 0.25) is 0 Å². The zero-order valence-electron chi connectivity index (χ0n) is 34.9. The second-order valence-corrected chi connectivity index (χ2v) is 18.6. The highest BCUT2D eigenvalue weighted by Crippen LogP contribution is 2.69. The highest BCUT2D eigenvalue weighted by atomic mass is 31.3. The van der Waals surface area contributed by atoms with E-state index < -0.39 is 73.0 Å². The van der Waals surface area contributed by atoms with Gasteiger partial charge in [-0.2, -0.15) is 13.9 Å². The molecule has 1 aromatic carbocycles. The number of rotatable bonds is 30. The number of benzene rings is 1. The van der Waals surface area contributed by atoms with Crippen LogP contribution in [0.1, 0.15) is 121 Å². The fourth-order valence-corrected chi connectivity index (χ4v) is 9.69. The van der Waals surface area contributed by atoms with Crippen molar-refractivity contribution in [3.05, 3.63) is 74.6 Å². The molecule has 1 aliphatic heterocycles. The second kappa shape index (κ2) is 29.1. The third kappa shape index (κ3) is 22.6. The molecule has 1 aromatic heterocycles. The molecule has 2 heterocycles. The zero-order valence-corrected chi connectivity index (χ0v) is 37.6. The van der Waals surface area contributed by atoms with Crippen molar-refractivity contribution in [1.29, 1.82) is 5.26 Å². The third-order valence-corrected chi connectivity index (χ3v) is 13.4. The highest BCUT2D eigenvalue weighted by molar-refractivity contribution is 7.67. The van der Waals surface area contributed by atoms with E-state index in [-0.39, 0.29) is 36.6 Å². The normalized spacial score (nSPS) is 17.5. The van der Waals surface area contributed by atoms with Crippen molar-refractivity contribution in [3.63, 3.8) is 0 Å². The predicted octanol–water partition coefficient (Wildman–Crippen LogP) is 9.13. The first-order chi connectivity index (χ1) is 28.1. The smallest absolute Gasteiger partial charge is 0.434 e. The summed E-state index contributed by atoms with van der Waals surface area (Å²) in [6, 6.07) is 7.32. The predicted molar refractivity (Wildman–Crippen MR) is 224 cm³/mol. The van der Waals surface area contributed by atoms with Crippen molar-refractivity contribution in [2.24, 2.45) is 0 Å². The van der Waals surface area contributed by atoms with Gasteiger partial charge in [-0.25, -0.2) is 23.3 Å². The lowest BCUT2D eigenvalue weighted by atomic mass is 10.0. The van der Waals surface area contributed by atoms with E-state index >= 15 is 0 Å². The molecular formula is C37H62N5O16P3. The van der Waals surface area contributed by atoms with E-state index in [9.17, 15) is 37.9 Å². The largest absolute Gasteiger partial charge is 0.513 e. The third-order valence-electron chi connectivity index (χ3n) is 8.73. The Morgan fingerprint density at radius 2 is 1.41 bits per heavy atom. The number of aryl methyl sites for hydroxylation is 1. The quantitative estimate of drug-likeness (QED) is 0.0160. The summed E-state index contributed by atoms with van der Waals surface area (Å²) >= 11 is 0. The lowest BCUT2D eigenvalue weighted by Gasteiger charge is -2.22. The number of aromatic nitrogens is 2.